The second kappa shape index (κ2) is 14.6. The number of hydrogen-bond donors (Lipinski definition) is 2. The number of carbonyl (C=O) groups is 2. The predicted molar refractivity (Wildman–Crippen MR) is 88.5 cm³/mol. The lowest BCUT2D eigenvalue weighted by Crippen LogP contribution is -2.38. The van der Waals surface area contributed by atoms with E-state index < -0.39 is 0 Å². The zero-order valence-electron chi connectivity index (χ0n) is 14.9. The van der Waals surface area contributed by atoms with E-state index in [1.54, 1.807) is 0 Å². The van der Waals surface area contributed by atoms with Gasteiger partial charge in [0.25, 0.3) is 0 Å². The monoisotopic (exact) mass is 332 g/mol. The van der Waals surface area contributed by atoms with Crippen LogP contribution in [-0.4, -0.2) is 70.5 Å². The zero-order chi connectivity index (χ0) is 17.5. The fourth-order valence-electron chi connectivity index (χ4n) is 1.40. The molecule has 0 aliphatic rings. The van der Waals surface area contributed by atoms with Crippen molar-refractivity contribution >= 4 is 11.7 Å². The molecule has 7 heteroatoms. The molecule has 7 nitrogen and oxygen atoms in total. The molecule has 0 heterocycles. The SMILES string of the molecule is CC(C)NCC(=O)NCCOCCOCCOCC(=O)C(C)C. The van der Waals surface area contributed by atoms with Gasteiger partial charge in [-0.3, -0.25) is 9.59 Å². The fraction of sp³-hybridized carbons (Fsp3) is 0.875. The third-order valence-electron chi connectivity index (χ3n) is 2.87. The van der Waals surface area contributed by atoms with Gasteiger partial charge in [-0.25, -0.2) is 0 Å². The molecule has 0 saturated carbocycles. The van der Waals surface area contributed by atoms with Gasteiger partial charge in [0.1, 0.15) is 6.61 Å². The molecule has 0 aromatic heterocycles. The summed E-state index contributed by atoms with van der Waals surface area (Å²) < 4.78 is 15.8. The molecule has 0 bridgehead atoms. The molecular weight excluding hydrogens is 300 g/mol. The van der Waals surface area contributed by atoms with Crippen LogP contribution < -0.4 is 10.6 Å². The first-order valence-electron chi connectivity index (χ1n) is 8.19. The summed E-state index contributed by atoms with van der Waals surface area (Å²) in [6.07, 6.45) is 0. The van der Waals surface area contributed by atoms with E-state index in [4.69, 9.17) is 14.2 Å². The number of nitrogens with one attached hydrogen (secondary N) is 2. The summed E-state index contributed by atoms with van der Waals surface area (Å²) in [5, 5.41) is 5.80. The summed E-state index contributed by atoms with van der Waals surface area (Å²) in [5.74, 6) is 0.0663. The van der Waals surface area contributed by atoms with Crippen LogP contribution in [0.3, 0.4) is 0 Å². The molecule has 0 aromatic rings. The van der Waals surface area contributed by atoms with Crippen LogP contribution in [0.15, 0.2) is 0 Å². The Bertz CT molecular complexity index is 322. The molecule has 0 unspecified atom stereocenters. The Morgan fingerprint density at radius 3 is 2.00 bits per heavy atom. The molecule has 1 amide bonds. The fourth-order valence-corrected chi connectivity index (χ4v) is 1.40. The van der Waals surface area contributed by atoms with Gasteiger partial charge in [-0.15, -0.1) is 0 Å². The van der Waals surface area contributed by atoms with Crippen LogP contribution >= 0.6 is 0 Å². The summed E-state index contributed by atoms with van der Waals surface area (Å²) in [7, 11) is 0. The van der Waals surface area contributed by atoms with Gasteiger partial charge < -0.3 is 24.8 Å². The molecule has 0 rings (SSSR count). The summed E-state index contributed by atoms with van der Waals surface area (Å²) in [6, 6.07) is 0.293. The number of rotatable bonds is 15. The lowest BCUT2D eigenvalue weighted by Gasteiger charge is -2.09. The van der Waals surface area contributed by atoms with E-state index in [9.17, 15) is 9.59 Å². The van der Waals surface area contributed by atoms with Gasteiger partial charge in [0.15, 0.2) is 5.78 Å². The van der Waals surface area contributed by atoms with Crippen molar-refractivity contribution < 1.29 is 23.8 Å². The molecule has 0 atom stereocenters. The Kier molecular flexibility index (Phi) is 13.9. The Labute approximate surface area is 139 Å². The largest absolute Gasteiger partial charge is 0.377 e. The van der Waals surface area contributed by atoms with Crippen molar-refractivity contribution in [3.63, 3.8) is 0 Å². The Morgan fingerprint density at radius 2 is 1.43 bits per heavy atom. The van der Waals surface area contributed by atoms with Crippen LogP contribution in [0.5, 0.6) is 0 Å². The lowest BCUT2D eigenvalue weighted by molar-refractivity contribution is -0.127. The third kappa shape index (κ3) is 15.6. The number of ketones is 1. The second-order valence-electron chi connectivity index (χ2n) is 5.78. The van der Waals surface area contributed by atoms with Crippen molar-refractivity contribution in [3.05, 3.63) is 0 Å². The van der Waals surface area contributed by atoms with Crippen molar-refractivity contribution in [1.82, 2.24) is 10.6 Å². The predicted octanol–water partition coefficient (Wildman–Crippen LogP) is 0.376. The molecule has 0 saturated heterocycles. The quantitative estimate of drug-likeness (QED) is 0.422. The van der Waals surface area contributed by atoms with Gasteiger partial charge in [0.05, 0.1) is 39.6 Å². The van der Waals surface area contributed by atoms with E-state index in [0.29, 0.717) is 52.2 Å². The van der Waals surface area contributed by atoms with Gasteiger partial charge in [0.2, 0.25) is 5.91 Å². The number of ether oxygens (including phenoxy) is 3. The summed E-state index contributed by atoms with van der Waals surface area (Å²) in [4.78, 5) is 22.7. The molecule has 2 N–H and O–H groups in total. The van der Waals surface area contributed by atoms with Gasteiger partial charge in [-0.2, -0.15) is 0 Å². The first-order valence-corrected chi connectivity index (χ1v) is 8.19. The number of Topliss-reactive ketones (excluding diaryl/α,β-unsaturated/α-hetero) is 1. The van der Waals surface area contributed by atoms with Crippen LogP contribution in [-0.2, 0) is 23.8 Å². The van der Waals surface area contributed by atoms with Crippen molar-refractivity contribution in [3.8, 4) is 0 Å². The highest BCUT2D eigenvalue weighted by molar-refractivity contribution is 5.81. The van der Waals surface area contributed by atoms with Gasteiger partial charge in [-0.1, -0.05) is 27.7 Å². The highest BCUT2D eigenvalue weighted by atomic mass is 16.5. The second-order valence-corrected chi connectivity index (χ2v) is 5.78. The molecule has 0 fully saturated rings. The van der Waals surface area contributed by atoms with E-state index in [1.165, 1.54) is 0 Å². The van der Waals surface area contributed by atoms with Crippen molar-refractivity contribution in [2.75, 3.05) is 52.7 Å². The summed E-state index contributed by atoms with van der Waals surface area (Å²) >= 11 is 0. The molecule has 0 aliphatic carbocycles. The van der Waals surface area contributed by atoms with Crippen LogP contribution in [0.1, 0.15) is 27.7 Å². The maximum absolute atomic E-state index is 11.4. The van der Waals surface area contributed by atoms with Crippen molar-refractivity contribution in [2.24, 2.45) is 5.92 Å². The van der Waals surface area contributed by atoms with Crippen LogP contribution in [0.4, 0.5) is 0 Å². The smallest absolute Gasteiger partial charge is 0.234 e. The first kappa shape index (κ1) is 22.0. The van der Waals surface area contributed by atoms with Crippen molar-refractivity contribution in [1.29, 1.82) is 0 Å². The highest BCUT2D eigenvalue weighted by Gasteiger charge is 2.06. The number of hydrogen-bond acceptors (Lipinski definition) is 6. The van der Waals surface area contributed by atoms with Crippen molar-refractivity contribution in [2.45, 2.75) is 33.7 Å². The van der Waals surface area contributed by atoms with Gasteiger partial charge in [0, 0.05) is 18.5 Å². The zero-order valence-corrected chi connectivity index (χ0v) is 14.9. The standard InChI is InChI=1S/C16H32N2O5/c1-13(2)15(19)12-23-10-9-22-8-7-21-6-5-17-16(20)11-18-14(3)4/h13-14,18H,5-12H2,1-4H3,(H,17,20). The van der Waals surface area contributed by atoms with Crippen LogP contribution in [0.2, 0.25) is 0 Å². The minimum atomic E-state index is -0.0355. The first-order chi connectivity index (χ1) is 10.9. The topological polar surface area (TPSA) is 85.9 Å². The molecule has 0 spiro atoms. The Hall–Kier alpha value is -1.02. The molecular formula is C16H32N2O5. The van der Waals surface area contributed by atoms with E-state index in [0.717, 1.165) is 0 Å². The minimum absolute atomic E-state index is 0.00552. The van der Waals surface area contributed by atoms with E-state index in [1.807, 2.05) is 27.7 Å². The van der Waals surface area contributed by atoms with Crippen LogP contribution in [0, 0.1) is 5.92 Å². The van der Waals surface area contributed by atoms with Gasteiger partial charge in [-0.05, 0) is 0 Å². The third-order valence-corrected chi connectivity index (χ3v) is 2.87. The molecule has 0 aromatic carbocycles. The van der Waals surface area contributed by atoms with E-state index in [2.05, 4.69) is 10.6 Å². The maximum atomic E-state index is 11.4. The number of carbonyl (C=O) groups excluding carboxylic acids is 2. The highest BCUT2D eigenvalue weighted by Crippen LogP contribution is 1.94. The van der Waals surface area contributed by atoms with Crippen LogP contribution in [0.25, 0.3) is 0 Å². The Balaban J connectivity index is 3.22. The normalized spacial score (nSPS) is 11.2. The summed E-state index contributed by atoms with van der Waals surface area (Å²) in [5.41, 5.74) is 0. The molecule has 0 radical (unpaired) electrons. The average molecular weight is 332 g/mol. The van der Waals surface area contributed by atoms with Gasteiger partial charge >= 0.3 is 0 Å². The Morgan fingerprint density at radius 1 is 0.870 bits per heavy atom. The molecule has 23 heavy (non-hydrogen) atoms. The van der Waals surface area contributed by atoms with E-state index in [-0.39, 0.29) is 24.2 Å². The molecule has 136 valence electrons. The molecule has 0 aliphatic heterocycles. The summed E-state index contributed by atoms with van der Waals surface area (Å²) in [6.45, 7) is 10.8. The maximum Gasteiger partial charge on any atom is 0.234 e. The minimum Gasteiger partial charge on any atom is -0.377 e. The average Bonchev–Trinajstić information content (AvgIpc) is 2.50. The lowest BCUT2D eigenvalue weighted by atomic mass is 10.1. The number of amides is 1. The van der Waals surface area contributed by atoms with E-state index >= 15 is 0 Å².